The van der Waals surface area contributed by atoms with Crippen LogP contribution in [0.15, 0.2) is 36.4 Å². The number of rotatable bonds is 12. The van der Waals surface area contributed by atoms with Crippen LogP contribution in [0.25, 0.3) is 11.1 Å². The number of hydrogen-bond donors (Lipinski definition) is 2. The van der Waals surface area contributed by atoms with Crippen LogP contribution in [0.3, 0.4) is 0 Å². The number of likely N-dealkylation sites (tertiary alicyclic amines) is 1. The Labute approximate surface area is 275 Å². The molecule has 2 aromatic rings. The van der Waals surface area contributed by atoms with Gasteiger partial charge in [0.1, 0.15) is 0 Å². The molecule has 0 aromatic heterocycles. The van der Waals surface area contributed by atoms with Gasteiger partial charge >= 0.3 is 0 Å². The van der Waals surface area contributed by atoms with E-state index in [0.717, 1.165) is 101 Å². The Morgan fingerprint density at radius 1 is 1.02 bits per heavy atom. The van der Waals surface area contributed by atoms with Crippen molar-refractivity contribution in [2.24, 2.45) is 11.8 Å². The summed E-state index contributed by atoms with van der Waals surface area (Å²) in [5.41, 5.74) is 5.95. The third-order valence-corrected chi connectivity index (χ3v) is 10.2. The lowest BCUT2D eigenvalue weighted by Gasteiger charge is -2.42. The van der Waals surface area contributed by atoms with E-state index in [1.165, 1.54) is 5.56 Å². The van der Waals surface area contributed by atoms with Gasteiger partial charge in [-0.1, -0.05) is 31.2 Å². The minimum Gasteiger partial charge on any atom is -0.396 e. The highest BCUT2D eigenvalue weighted by molar-refractivity contribution is 5.99. The smallest absolute Gasteiger partial charge is 0.251 e. The average Bonchev–Trinajstić information content (AvgIpc) is 3.08. The number of nitrogens with zero attached hydrogens (tertiary/aromatic N) is 3. The van der Waals surface area contributed by atoms with Crippen LogP contribution in [-0.2, 0) is 20.8 Å². The second kappa shape index (κ2) is 16.2. The molecule has 0 spiro atoms. The van der Waals surface area contributed by atoms with Gasteiger partial charge in [0.25, 0.3) is 5.91 Å². The van der Waals surface area contributed by atoms with Gasteiger partial charge in [-0.3, -0.25) is 14.5 Å². The largest absolute Gasteiger partial charge is 0.396 e. The summed E-state index contributed by atoms with van der Waals surface area (Å²) in [6.45, 7) is 15.8. The average molecular weight is 635 g/mol. The van der Waals surface area contributed by atoms with E-state index in [4.69, 9.17) is 9.47 Å². The first kappa shape index (κ1) is 34.4. The van der Waals surface area contributed by atoms with E-state index in [9.17, 15) is 14.7 Å². The number of aliphatic hydroxyl groups is 1. The van der Waals surface area contributed by atoms with Crippen molar-refractivity contribution < 1.29 is 24.2 Å². The fraction of sp³-hybridized carbons (Fsp3) is 0.622. The van der Waals surface area contributed by atoms with Crippen molar-refractivity contribution in [2.45, 2.75) is 72.0 Å². The van der Waals surface area contributed by atoms with Gasteiger partial charge in [0, 0.05) is 82.4 Å². The van der Waals surface area contributed by atoms with E-state index in [0.29, 0.717) is 18.2 Å². The predicted molar refractivity (Wildman–Crippen MR) is 182 cm³/mol. The maximum Gasteiger partial charge on any atom is 0.251 e. The van der Waals surface area contributed by atoms with E-state index in [2.05, 4.69) is 66.2 Å². The van der Waals surface area contributed by atoms with Crippen LogP contribution >= 0.6 is 0 Å². The van der Waals surface area contributed by atoms with Gasteiger partial charge in [0.15, 0.2) is 0 Å². The summed E-state index contributed by atoms with van der Waals surface area (Å²) in [5.74, 6) is -0.760. The summed E-state index contributed by atoms with van der Waals surface area (Å²) >= 11 is 0. The molecule has 2 aromatic carbocycles. The minimum atomic E-state index is -0.437. The summed E-state index contributed by atoms with van der Waals surface area (Å²) in [4.78, 5) is 34.3. The van der Waals surface area contributed by atoms with Crippen molar-refractivity contribution in [3.63, 3.8) is 0 Å². The van der Waals surface area contributed by atoms with Crippen molar-refractivity contribution in [3.05, 3.63) is 53.1 Å². The van der Waals surface area contributed by atoms with Crippen LogP contribution in [0.2, 0.25) is 0 Å². The van der Waals surface area contributed by atoms with Gasteiger partial charge in [0.2, 0.25) is 5.91 Å². The molecule has 252 valence electrons. The second-order valence-electron chi connectivity index (χ2n) is 13.3. The number of amides is 2. The lowest BCUT2D eigenvalue weighted by Crippen LogP contribution is -2.54. The highest BCUT2D eigenvalue weighted by Gasteiger charge is 2.39. The number of aliphatic hydroxyl groups excluding tert-OH is 1. The van der Waals surface area contributed by atoms with Crippen molar-refractivity contribution in [2.75, 3.05) is 70.7 Å². The van der Waals surface area contributed by atoms with Gasteiger partial charge in [-0.25, -0.2) is 0 Å². The number of carbonyl (C=O) groups excluding carboxylic acids is 2. The number of anilines is 1. The molecule has 5 rings (SSSR count). The zero-order valence-electron chi connectivity index (χ0n) is 28.3. The van der Waals surface area contributed by atoms with Gasteiger partial charge in [-0.2, -0.15) is 0 Å². The zero-order valence-corrected chi connectivity index (χ0v) is 28.3. The first-order chi connectivity index (χ1) is 22.3. The van der Waals surface area contributed by atoms with Crippen LogP contribution < -0.4 is 10.2 Å². The van der Waals surface area contributed by atoms with E-state index < -0.39 is 5.92 Å². The Kier molecular flexibility index (Phi) is 12.1. The molecule has 0 aliphatic carbocycles. The molecule has 3 fully saturated rings. The van der Waals surface area contributed by atoms with Crippen LogP contribution in [0.4, 0.5) is 5.69 Å². The Morgan fingerprint density at radius 3 is 2.37 bits per heavy atom. The standard InChI is InChI=1S/C37H54N4O5/c1-5-13-41-26(3)20-31(25-42)34(37(41)44)23-38-36(43)33-21-30(22-35(27(33)4)40(6-2)32-11-16-45-17-12-32)29-9-7-28(8-10-29)24-39-14-18-46-19-15-39/h7-10,21-22,26,31-32,34,42H,5-6,11-20,23-25H2,1-4H3,(H,38,43). The van der Waals surface area contributed by atoms with E-state index in [1.54, 1.807) is 0 Å². The molecule has 9 nitrogen and oxygen atoms in total. The van der Waals surface area contributed by atoms with Crippen LogP contribution in [0.5, 0.6) is 0 Å². The fourth-order valence-electron chi connectivity index (χ4n) is 7.53. The quantitative estimate of drug-likeness (QED) is 0.356. The Hall–Kier alpha value is -2.98. The summed E-state index contributed by atoms with van der Waals surface area (Å²) in [7, 11) is 0. The maximum atomic E-state index is 14.0. The first-order valence-corrected chi connectivity index (χ1v) is 17.4. The summed E-state index contributed by atoms with van der Waals surface area (Å²) < 4.78 is 11.2. The Bertz CT molecular complexity index is 1310. The number of carbonyl (C=O) groups is 2. The molecule has 0 saturated carbocycles. The number of nitrogens with one attached hydrogen (secondary N) is 1. The number of morpholine rings is 1. The molecule has 9 heteroatoms. The zero-order chi connectivity index (χ0) is 32.6. The van der Waals surface area contributed by atoms with Crippen LogP contribution in [0.1, 0.15) is 67.9 Å². The molecular formula is C37H54N4O5. The van der Waals surface area contributed by atoms with E-state index in [-0.39, 0.29) is 36.9 Å². The minimum absolute atomic E-state index is 0.0277. The van der Waals surface area contributed by atoms with Crippen molar-refractivity contribution in [3.8, 4) is 11.1 Å². The van der Waals surface area contributed by atoms with Crippen molar-refractivity contribution in [1.82, 2.24) is 15.1 Å². The lowest BCUT2D eigenvalue weighted by atomic mass is 9.81. The highest BCUT2D eigenvalue weighted by atomic mass is 16.5. The number of piperidine rings is 1. The first-order valence-electron chi connectivity index (χ1n) is 17.4. The molecule has 3 heterocycles. The van der Waals surface area contributed by atoms with Gasteiger partial charge in [-0.15, -0.1) is 0 Å². The number of ether oxygens (including phenoxy) is 2. The second-order valence-corrected chi connectivity index (χ2v) is 13.3. The summed E-state index contributed by atoms with van der Waals surface area (Å²) in [6, 6.07) is 13.4. The topological polar surface area (TPSA) is 94.6 Å². The molecule has 3 saturated heterocycles. The molecular weight excluding hydrogens is 580 g/mol. The highest BCUT2D eigenvalue weighted by Crippen LogP contribution is 2.35. The van der Waals surface area contributed by atoms with E-state index >= 15 is 0 Å². The summed E-state index contributed by atoms with van der Waals surface area (Å²) in [6.07, 6.45) is 3.52. The van der Waals surface area contributed by atoms with Crippen LogP contribution in [0, 0.1) is 18.8 Å². The van der Waals surface area contributed by atoms with Gasteiger partial charge in [-0.05, 0) is 86.8 Å². The molecule has 46 heavy (non-hydrogen) atoms. The Morgan fingerprint density at radius 2 is 1.72 bits per heavy atom. The molecule has 3 aliphatic rings. The molecule has 3 atom stereocenters. The SMILES string of the molecule is CCCN1C(=O)C(CNC(=O)c2cc(-c3ccc(CN4CCOCC4)cc3)cc(N(CC)C3CCOCC3)c2C)C(CO)CC1C. The fourth-order valence-corrected chi connectivity index (χ4v) is 7.53. The molecule has 0 bridgehead atoms. The number of benzene rings is 2. The normalized spacial score (nSPS) is 23.0. The Balaban J connectivity index is 1.42. The maximum absolute atomic E-state index is 14.0. The third kappa shape index (κ3) is 7.93. The monoisotopic (exact) mass is 634 g/mol. The van der Waals surface area contributed by atoms with Crippen LogP contribution in [-0.4, -0.2) is 105 Å². The van der Waals surface area contributed by atoms with Gasteiger partial charge < -0.3 is 29.7 Å². The van der Waals surface area contributed by atoms with Gasteiger partial charge in [0.05, 0.1) is 19.1 Å². The predicted octanol–water partition coefficient (Wildman–Crippen LogP) is 4.48. The van der Waals surface area contributed by atoms with Crippen molar-refractivity contribution in [1.29, 1.82) is 0 Å². The summed E-state index contributed by atoms with van der Waals surface area (Å²) in [5, 5.41) is 13.3. The van der Waals surface area contributed by atoms with Crippen molar-refractivity contribution >= 4 is 17.5 Å². The lowest BCUT2D eigenvalue weighted by molar-refractivity contribution is -0.145. The molecule has 2 N–H and O–H groups in total. The molecule has 3 aliphatic heterocycles. The molecule has 2 amide bonds. The number of hydrogen-bond acceptors (Lipinski definition) is 7. The molecule has 3 unspecified atom stereocenters. The third-order valence-electron chi connectivity index (χ3n) is 10.2. The van der Waals surface area contributed by atoms with E-state index in [1.807, 2.05) is 17.9 Å². The molecule has 0 radical (unpaired) electrons.